The highest BCUT2D eigenvalue weighted by molar-refractivity contribution is 5.97. The molecule has 0 aromatic heterocycles. The molecule has 31 heavy (non-hydrogen) atoms. The molecule has 0 saturated heterocycles. The molecule has 0 saturated carbocycles. The van der Waals surface area contributed by atoms with E-state index in [1.54, 1.807) is 7.11 Å². The summed E-state index contributed by atoms with van der Waals surface area (Å²) in [5, 5.41) is 3.69. The first kappa shape index (κ1) is 19.2. The molecule has 4 nitrogen and oxygen atoms in total. The quantitative estimate of drug-likeness (QED) is 0.627. The lowest BCUT2D eigenvalue weighted by molar-refractivity contribution is 0.189. The van der Waals surface area contributed by atoms with Crippen LogP contribution in [0, 0.1) is 0 Å². The van der Waals surface area contributed by atoms with Crippen LogP contribution in [0.15, 0.2) is 114 Å². The van der Waals surface area contributed by atoms with Gasteiger partial charge in [-0.2, -0.15) is 0 Å². The van der Waals surface area contributed by atoms with Gasteiger partial charge in [0.05, 0.1) is 24.2 Å². The van der Waals surface area contributed by atoms with Crippen LogP contribution in [-0.4, -0.2) is 23.9 Å². The summed E-state index contributed by atoms with van der Waals surface area (Å²) >= 11 is 0. The number of ether oxygens (including phenoxy) is 1. The van der Waals surface area contributed by atoms with Gasteiger partial charge in [-0.25, -0.2) is 0 Å². The summed E-state index contributed by atoms with van der Waals surface area (Å²) < 4.78 is 5.89. The predicted molar refractivity (Wildman–Crippen MR) is 125 cm³/mol. The van der Waals surface area contributed by atoms with Crippen LogP contribution in [0.3, 0.4) is 0 Å². The molecule has 4 heteroatoms. The van der Waals surface area contributed by atoms with Crippen molar-refractivity contribution in [2.45, 2.75) is 19.0 Å². The molecule has 0 aliphatic carbocycles. The first-order valence-corrected chi connectivity index (χ1v) is 10.6. The largest absolute Gasteiger partial charge is 0.481 e. The van der Waals surface area contributed by atoms with Gasteiger partial charge in [-0.15, -0.1) is 0 Å². The second-order valence-electron chi connectivity index (χ2n) is 7.75. The Balaban J connectivity index is 1.53. The summed E-state index contributed by atoms with van der Waals surface area (Å²) in [7, 11) is 1.74. The third-order valence-electron chi connectivity index (χ3n) is 5.64. The van der Waals surface area contributed by atoms with Crippen LogP contribution in [0.2, 0.25) is 0 Å². The molecule has 0 radical (unpaired) electrons. The van der Waals surface area contributed by atoms with E-state index in [-0.39, 0.29) is 6.17 Å². The first-order chi connectivity index (χ1) is 15.3. The van der Waals surface area contributed by atoms with Crippen LogP contribution < -0.4 is 5.32 Å². The zero-order chi connectivity index (χ0) is 21.0. The van der Waals surface area contributed by atoms with Gasteiger partial charge in [-0.05, 0) is 11.1 Å². The second-order valence-corrected chi connectivity index (χ2v) is 7.75. The number of nitrogens with zero attached hydrogens (tertiary/aromatic N) is 2. The third-order valence-corrected chi connectivity index (χ3v) is 5.64. The standard InChI is InChI=1S/C27H25N3O/c1-31-27-24(18-21-13-7-3-8-14-21)29-26-23(17-20-11-5-2-6-12-20)28-25(19-30(26)27)22-15-9-4-10-16-22/h2-16,19,26,29H,17-18H2,1H3. The SMILES string of the molecule is COC1=C(Cc2ccccc2)NC2C(Cc3ccccc3)=NC(c3ccccc3)=CN12. The Morgan fingerprint density at radius 2 is 1.39 bits per heavy atom. The lowest BCUT2D eigenvalue weighted by atomic mass is 10.0. The maximum Gasteiger partial charge on any atom is 0.215 e. The summed E-state index contributed by atoms with van der Waals surface area (Å²) in [4.78, 5) is 7.28. The molecular formula is C27H25N3O. The minimum atomic E-state index is -0.0543. The number of nitrogens with one attached hydrogen (secondary N) is 1. The van der Waals surface area contributed by atoms with Gasteiger partial charge in [0.25, 0.3) is 0 Å². The van der Waals surface area contributed by atoms with Gasteiger partial charge < -0.3 is 10.1 Å². The molecule has 1 N–H and O–H groups in total. The number of fused-ring (bicyclic) bond motifs is 1. The number of hydrogen-bond donors (Lipinski definition) is 1. The van der Waals surface area contributed by atoms with Crippen molar-refractivity contribution in [3.05, 3.63) is 125 Å². The third kappa shape index (κ3) is 3.97. The van der Waals surface area contributed by atoms with Crippen molar-refractivity contribution in [1.82, 2.24) is 10.2 Å². The highest BCUT2D eigenvalue weighted by Gasteiger charge is 2.37. The molecule has 154 valence electrons. The van der Waals surface area contributed by atoms with Crippen LogP contribution in [0.1, 0.15) is 16.7 Å². The number of methoxy groups -OCH3 is 1. The van der Waals surface area contributed by atoms with Crippen LogP contribution >= 0.6 is 0 Å². The number of benzene rings is 3. The maximum absolute atomic E-state index is 5.89. The fourth-order valence-corrected chi connectivity index (χ4v) is 4.17. The Labute approximate surface area is 183 Å². The van der Waals surface area contributed by atoms with Crippen molar-refractivity contribution in [1.29, 1.82) is 0 Å². The molecule has 3 aromatic carbocycles. The molecule has 2 aliphatic rings. The summed E-state index contributed by atoms with van der Waals surface area (Å²) in [6.07, 6.45) is 3.60. The Morgan fingerprint density at radius 3 is 2.00 bits per heavy atom. The molecule has 3 aromatic rings. The van der Waals surface area contributed by atoms with Crippen molar-refractivity contribution in [3.8, 4) is 0 Å². The average Bonchev–Trinajstić information content (AvgIpc) is 3.18. The van der Waals surface area contributed by atoms with Crippen LogP contribution in [0.25, 0.3) is 5.70 Å². The van der Waals surface area contributed by atoms with Crippen molar-refractivity contribution >= 4 is 11.4 Å². The molecule has 0 fully saturated rings. The van der Waals surface area contributed by atoms with Crippen molar-refractivity contribution in [2.75, 3.05) is 7.11 Å². The van der Waals surface area contributed by atoms with E-state index in [9.17, 15) is 0 Å². The number of allylic oxidation sites excluding steroid dienone is 1. The van der Waals surface area contributed by atoms with Crippen molar-refractivity contribution in [3.63, 3.8) is 0 Å². The first-order valence-electron chi connectivity index (χ1n) is 10.6. The second kappa shape index (κ2) is 8.52. The Kier molecular flexibility index (Phi) is 5.28. The normalized spacial score (nSPS) is 17.6. The molecule has 0 spiro atoms. The number of aliphatic imine (C=N–C) groups is 1. The smallest absolute Gasteiger partial charge is 0.215 e. The number of hydrogen-bond acceptors (Lipinski definition) is 4. The molecule has 2 heterocycles. The van der Waals surface area contributed by atoms with Crippen LogP contribution in [0.5, 0.6) is 0 Å². The van der Waals surface area contributed by atoms with E-state index in [0.29, 0.717) is 0 Å². The summed E-state index contributed by atoms with van der Waals surface area (Å²) in [5.74, 6) is 0.850. The Bertz CT molecular complexity index is 1130. The number of rotatable bonds is 6. The lowest BCUT2D eigenvalue weighted by Gasteiger charge is -2.30. The zero-order valence-electron chi connectivity index (χ0n) is 17.5. The molecule has 1 atom stereocenters. The van der Waals surface area contributed by atoms with Gasteiger partial charge in [0, 0.05) is 24.6 Å². The monoisotopic (exact) mass is 407 g/mol. The van der Waals surface area contributed by atoms with Crippen molar-refractivity contribution < 1.29 is 4.74 Å². The van der Waals surface area contributed by atoms with E-state index in [0.717, 1.165) is 41.4 Å². The average molecular weight is 408 g/mol. The van der Waals surface area contributed by atoms with Gasteiger partial charge in [0.1, 0.15) is 6.17 Å². The van der Waals surface area contributed by atoms with E-state index in [4.69, 9.17) is 9.73 Å². The molecule has 0 bridgehead atoms. The van der Waals surface area contributed by atoms with Gasteiger partial charge in [-0.3, -0.25) is 9.89 Å². The molecular weight excluding hydrogens is 382 g/mol. The van der Waals surface area contributed by atoms with E-state index >= 15 is 0 Å². The zero-order valence-corrected chi connectivity index (χ0v) is 17.5. The van der Waals surface area contributed by atoms with Crippen LogP contribution in [-0.2, 0) is 17.6 Å². The Hall–Kier alpha value is -3.79. The van der Waals surface area contributed by atoms with E-state index in [1.807, 2.05) is 30.3 Å². The van der Waals surface area contributed by atoms with E-state index in [2.05, 4.69) is 77.1 Å². The van der Waals surface area contributed by atoms with Crippen molar-refractivity contribution in [2.24, 2.45) is 4.99 Å². The summed E-state index contributed by atoms with van der Waals surface area (Å²) in [5.41, 5.74) is 6.68. The van der Waals surface area contributed by atoms with Gasteiger partial charge in [-0.1, -0.05) is 91.0 Å². The van der Waals surface area contributed by atoms with Crippen LogP contribution in [0.4, 0.5) is 0 Å². The van der Waals surface area contributed by atoms with Gasteiger partial charge in [0.2, 0.25) is 5.88 Å². The highest BCUT2D eigenvalue weighted by Crippen LogP contribution is 2.32. The maximum atomic E-state index is 5.89. The van der Waals surface area contributed by atoms with E-state index in [1.165, 1.54) is 11.1 Å². The topological polar surface area (TPSA) is 36.9 Å². The minimum Gasteiger partial charge on any atom is -0.481 e. The molecule has 0 amide bonds. The molecule has 1 unspecified atom stereocenters. The highest BCUT2D eigenvalue weighted by atomic mass is 16.5. The fraction of sp³-hybridized carbons (Fsp3) is 0.148. The molecule has 2 aliphatic heterocycles. The Morgan fingerprint density at radius 1 is 0.806 bits per heavy atom. The minimum absolute atomic E-state index is 0.0543. The molecule has 5 rings (SSSR count). The summed E-state index contributed by atoms with van der Waals surface area (Å²) in [6.45, 7) is 0. The predicted octanol–water partition coefficient (Wildman–Crippen LogP) is 4.97. The van der Waals surface area contributed by atoms with Gasteiger partial charge >= 0.3 is 0 Å². The fourth-order valence-electron chi connectivity index (χ4n) is 4.17. The lowest BCUT2D eigenvalue weighted by Crippen LogP contribution is -2.44. The summed E-state index contributed by atoms with van der Waals surface area (Å²) in [6, 6.07) is 31.3. The van der Waals surface area contributed by atoms with Gasteiger partial charge in [0.15, 0.2) is 0 Å². The van der Waals surface area contributed by atoms with E-state index < -0.39 is 0 Å².